The van der Waals surface area contributed by atoms with Gasteiger partial charge >= 0.3 is 0 Å². The van der Waals surface area contributed by atoms with Crippen LogP contribution in [0.15, 0.2) is 11.4 Å². The molecule has 1 atom stereocenters. The van der Waals surface area contributed by atoms with E-state index in [2.05, 4.69) is 16.6 Å². The van der Waals surface area contributed by atoms with E-state index in [9.17, 15) is 4.79 Å². The molecule has 86 valence electrons. The van der Waals surface area contributed by atoms with Crippen molar-refractivity contribution >= 4 is 22.9 Å². The molecular formula is C12H16N2OS. The summed E-state index contributed by atoms with van der Waals surface area (Å²) in [6, 6.07) is 2.20. The van der Waals surface area contributed by atoms with Crippen molar-refractivity contribution < 1.29 is 4.79 Å². The predicted octanol–water partition coefficient (Wildman–Crippen LogP) is 2.21. The molecule has 0 saturated heterocycles. The molecule has 0 radical (unpaired) electrons. The topological polar surface area (TPSA) is 41.1 Å². The summed E-state index contributed by atoms with van der Waals surface area (Å²) in [6.45, 7) is 4.29. The van der Waals surface area contributed by atoms with Crippen molar-refractivity contribution in [2.24, 2.45) is 0 Å². The Kier molecular flexibility index (Phi) is 5.03. The van der Waals surface area contributed by atoms with E-state index >= 15 is 0 Å². The molecule has 1 rings (SSSR count). The highest BCUT2D eigenvalue weighted by molar-refractivity contribution is 7.10. The summed E-state index contributed by atoms with van der Waals surface area (Å²) >= 11 is 1.62. The number of thiophene rings is 1. The lowest BCUT2D eigenvalue weighted by molar-refractivity contribution is -0.114. The molecule has 1 aromatic heterocycles. The van der Waals surface area contributed by atoms with Gasteiger partial charge in [0.1, 0.15) is 0 Å². The number of anilines is 1. The Balaban J connectivity index is 2.51. The van der Waals surface area contributed by atoms with Crippen LogP contribution in [0.3, 0.4) is 0 Å². The van der Waals surface area contributed by atoms with Crippen molar-refractivity contribution in [1.29, 1.82) is 0 Å². The van der Waals surface area contributed by atoms with Gasteiger partial charge in [0.05, 0.1) is 5.69 Å². The molecule has 4 heteroatoms. The molecule has 0 aliphatic rings. The van der Waals surface area contributed by atoms with Crippen LogP contribution in [0, 0.1) is 12.3 Å². The second kappa shape index (κ2) is 6.31. The molecule has 2 N–H and O–H groups in total. The van der Waals surface area contributed by atoms with Crippen LogP contribution in [0.4, 0.5) is 5.69 Å². The molecule has 0 aliphatic heterocycles. The Hall–Kier alpha value is -1.31. The number of hydrogen-bond donors (Lipinski definition) is 2. The number of rotatable bonds is 5. The maximum absolute atomic E-state index is 11.0. The third-order valence-electron chi connectivity index (χ3n) is 2.09. The van der Waals surface area contributed by atoms with Gasteiger partial charge in [-0.05, 0) is 18.4 Å². The zero-order valence-corrected chi connectivity index (χ0v) is 10.4. The van der Waals surface area contributed by atoms with Crippen molar-refractivity contribution in [3.8, 4) is 12.3 Å². The van der Waals surface area contributed by atoms with E-state index in [-0.39, 0.29) is 11.9 Å². The fraction of sp³-hybridized carbons (Fsp3) is 0.417. The van der Waals surface area contributed by atoms with Crippen LogP contribution in [-0.2, 0) is 11.3 Å². The summed E-state index contributed by atoms with van der Waals surface area (Å²) in [5, 5.41) is 8.08. The normalized spacial score (nSPS) is 11.8. The molecule has 0 bridgehead atoms. The first-order chi connectivity index (χ1) is 7.63. The number of carbonyl (C=O) groups excluding carboxylic acids is 1. The maximum atomic E-state index is 11.0. The fourth-order valence-corrected chi connectivity index (χ4v) is 2.08. The molecule has 0 aromatic carbocycles. The van der Waals surface area contributed by atoms with Crippen molar-refractivity contribution in [2.45, 2.75) is 32.9 Å². The van der Waals surface area contributed by atoms with Gasteiger partial charge < -0.3 is 10.6 Å². The number of carbonyl (C=O) groups is 1. The first-order valence-corrected chi connectivity index (χ1v) is 6.02. The Morgan fingerprint density at radius 1 is 1.69 bits per heavy atom. The average Bonchev–Trinajstić information content (AvgIpc) is 2.62. The van der Waals surface area contributed by atoms with Crippen molar-refractivity contribution in [3.63, 3.8) is 0 Å². The second-order valence-electron chi connectivity index (χ2n) is 3.63. The Bertz CT molecular complexity index is 392. The minimum atomic E-state index is -0.0451. The molecule has 3 nitrogen and oxygen atoms in total. The lowest BCUT2D eigenvalue weighted by atomic mass is 10.2. The van der Waals surface area contributed by atoms with Gasteiger partial charge in [-0.15, -0.1) is 23.7 Å². The van der Waals surface area contributed by atoms with Crippen LogP contribution in [0.1, 0.15) is 25.1 Å². The van der Waals surface area contributed by atoms with Gasteiger partial charge in [-0.1, -0.05) is 0 Å². The third-order valence-corrected chi connectivity index (χ3v) is 3.01. The van der Waals surface area contributed by atoms with Crippen LogP contribution in [0.5, 0.6) is 0 Å². The molecule has 1 amide bonds. The minimum absolute atomic E-state index is 0.0451. The van der Waals surface area contributed by atoms with Gasteiger partial charge in [-0.3, -0.25) is 4.79 Å². The van der Waals surface area contributed by atoms with Crippen LogP contribution in [0.25, 0.3) is 0 Å². The monoisotopic (exact) mass is 236 g/mol. The zero-order valence-electron chi connectivity index (χ0n) is 9.54. The Morgan fingerprint density at radius 2 is 2.44 bits per heavy atom. The smallest absolute Gasteiger partial charge is 0.221 e. The Labute approximate surface area is 100 Å². The summed E-state index contributed by atoms with van der Waals surface area (Å²) in [5.74, 6) is 2.57. The number of amides is 1. The standard InChI is InChI=1S/C12H16N2OS/c1-4-5-9(2)13-8-12-11(6-7-16-12)14-10(3)15/h1,6-7,9,13H,5,8H2,2-3H3,(H,14,15). The molecule has 0 aliphatic carbocycles. The highest BCUT2D eigenvalue weighted by Gasteiger charge is 2.06. The van der Waals surface area contributed by atoms with Crippen LogP contribution in [-0.4, -0.2) is 11.9 Å². The first kappa shape index (κ1) is 12.8. The molecule has 0 spiro atoms. The van der Waals surface area contributed by atoms with E-state index in [4.69, 9.17) is 6.42 Å². The molecule has 0 saturated carbocycles. The Morgan fingerprint density at radius 3 is 3.06 bits per heavy atom. The summed E-state index contributed by atoms with van der Waals surface area (Å²) in [5.41, 5.74) is 0.887. The quantitative estimate of drug-likeness (QED) is 0.770. The third kappa shape index (κ3) is 4.05. The van der Waals surface area contributed by atoms with Crippen LogP contribution in [0.2, 0.25) is 0 Å². The van der Waals surface area contributed by atoms with E-state index in [1.165, 1.54) is 6.92 Å². The molecule has 1 unspecified atom stereocenters. The van der Waals surface area contributed by atoms with Gasteiger partial charge in [0, 0.05) is 30.8 Å². The summed E-state index contributed by atoms with van der Waals surface area (Å²) in [7, 11) is 0. The summed E-state index contributed by atoms with van der Waals surface area (Å²) < 4.78 is 0. The average molecular weight is 236 g/mol. The van der Waals surface area contributed by atoms with E-state index < -0.39 is 0 Å². The molecular weight excluding hydrogens is 220 g/mol. The van der Waals surface area contributed by atoms with Crippen molar-refractivity contribution in [3.05, 3.63) is 16.3 Å². The first-order valence-electron chi connectivity index (χ1n) is 5.14. The zero-order chi connectivity index (χ0) is 12.0. The van der Waals surface area contributed by atoms with E-state index in [0.717, 1.165) is 17.1 Å². The largest absolute Gasteiger partial charge is 0.325 e. The van der Waals surface area contributed by atoms with Crippen LogP contribution >= 0.6 is 11.3 Å². The van der Waals surface area contributed by atoms with E-state index in [0.29, 0.717) is 6.42 Å². The van der Waals surface area contributed by atoms with Gasteiger partial charge in [0.15, 0.2) is 0 Å². The minimum Gasteiger partial charge on any atom is -0.325 e. The fourth-order valence-electron chi connectivity index (χ4n) is 1.29. The molecule has 0 fully saturated rings. The van der Waals surface area contributed by atoms with Gasteiger partial charge in [0.2, 0.25) is 5.91 Å². The predicted molar refractivity (Wildman–Crippen MR) is 68.4 cm³/mol. The number of terminal acetylenes is 1. The molecule has 1 aromatic rings. The highest BCUT2D eigenvalue weighted by Crippen LogP contribution is 2.22. The van der Waals surface area contributed by atoms with Gasteiger partial charge in [0.25, 0.3) is 0 Å². The summed E-state index contributed by atoms with van der Waals surface area (Å²) in [4.78, 5) is 12.1. The number of hydrogen-bond acceptors (Lipinski definition) is 3. The van der Waals surface area contributed by atoms with Crippen molar-refractivity contribution in [2.75, 3.05) is 5.32 Å². The van der Waals surface area contributed by atoms with Crippen LogP contribution < -0.4 is 10.6 Å². The second-order valence-corrected chi connectivity index (χ2v) is 4.63. The lowest BCUT2D eigenvalue weighted by Crippen LogP contribution is -2.24. The van der Waals surface area contributed by atoms with Gasteiger partial charge in [-0.25, -0.2) is 0 Å². The maximum Gasteiger partial charge on any atom is 0.221 e. The number of nitrogens with one attached hydrogen (secondary N) is 2. The molecule has 16 heavy (non-hydrogen) atoms. The van der Waals surface area contributed by atoms with E-state index in [1.807, 2.05) is 18.4 Å². The summed E-state index contributed by atoms with van der Waals surface area (Å²) in [6.07, 6.45) is 5.94. The van der Waals surface area contributed by atoms with Gasteiger partial charge in [-0.2, -0.15) is 0 Å². The highest BCUT2D eigenvalue weighted by atomic mass is 32.1. The SMILES string of the molecule is C#CCC(C)NCc1sccc1NC(C)=O. The van der Waals surface area contributed by atoms with E-state index in [1.54, 1.807) is 11.3 Å². The van der Waals surface area contributed by atoms with Crippen molar-refractivity contribution in [1.82, 2.24) is 5.32 Å². The lowest BCUT2D eigenvalue weighted by Gasteiger charge is -2.11. The molecule has 1 heterocycles.